The van der Waals surface area contributed by atoms with Gasteiger partial charge in [-0.1, -0.05) is 30.3 Å². The number of amides is 1. The molecule has 2 aromatic carbocycles. The second-order valence-electron chi connectivity index (χ2n) is 6.20. The fraction of sp³-hybridized carbons (Fsp3) is 0.263. The third-order valence-corrected chi connectivity index (χ3v) is 4.81. The molecule has 1 amide bonds. The minimum Gasteiger partial charge on any atom is -0.388 e. The second kappa shape index (κ2) is 7.11. The van der Waals surface area contributed by atoms with Crippen molar-refractivity contribution in [2.75, 3.05) is 6.54 Å². The summed E-state index contributed by atoms with van der Waals surface area (Å²) in [5, 5.41) is 13.3. The van der Waals surface area contributed by atoms with Gasteiger partial charge in [0.25, 0.3) is 5.91 Å². The predicted octanol–water partition coefficient (Wildman–Crippen LogP) is 3.41. The van der Waals surface area contributed by atoms with Gasteiger partial charge >= 0.3 is 0 Å². The normalized spacial score (nSPS) is 13.6. The smallest absolute Gasteiger partial charge is 0.251 e. The van der Waals surface area contributed by atoms with E-state index in [1.54, 1.807) is 18.5 Å². The van der Waals surface area contributed by atoms with E-state index in [1.807, 2.05) is 42.5 Å². The molecule has 3 rings (SSSR count). The van der Waals surface area contributed by atoms with Crippen LogP contribution in [0.25, 0.3) is 10.2 Å². The molecule has 5 heteroatoms. The molecule has 0 aliphatic rings. The van der Waals surface area contributed by atoms with Crippen molar-refractivity contribution in [3.8, 4) is 0 Å². The zero-order valence-electron chi connectivity index (χ0n) is 13.5. The second-order valence-corrected chi connectivity index (χ2v) is 7.09. The Morgan fingerprint density at radius 3 is 2.83 bits per heavy atom. The van der Waals surface area contributed by atoms with E-state index in [0.717, 1.165) is 16.6 Å². The Kier molecular flexibility index (Phi) is 4.92. The number of aliphatic hydroxyl groups is 1. The molecule has 0 spiro atoms. The van der Waals surface area contributed by atoms with Crippen molar-refractivity contribution in [1.82, 2.24) is 10.3 Å². The van der Waals surface area contributed by atoms with Gasteiger partial charge in [0, 0.05) is 12.1 Å². The van der Waals surface area contributed by atoms with Crippen molar-refractivity contribution in [3.63, 3.8) is 0 Å². The van der Waals surface area contributed by atoms with Gasteiger partial charge in [-0.3, -0.25) is 4.79 Å². The van der Waals surface area contributed by atoms with Gasteiger partial charge in [-0.05, 0) is 43.5 Å². The number of hydrogen-bond donors (Lipinski definition) is 2. The van der Waals surface area contributed by atoms with E-state index < -0.39 is 5.60 Å². The third kappa shape index (κ3) is 4.19. The van der Waals surface area contributed by atoms with Crippen LogP contribution in [0.2, 0.25) is 0 Å². The molecule has 2 N–H and O–H groups in total. The summed E-state index contributed by atoms with van der Waals surface area (Å²) < 4.78 is 0.985. The van der Waals surface area contributed by atoms with Crippen LogP contribution in [0.1, 0.15) is 29.3 Å². The number of nitrogens with one attached hydrogen (secondary N) is 1. The van der Waals surface area contributed by atoms with Crippen LogP contribution in [-0.2, 0) is 6.42 Å². The lowest BCUT2D eigenvalue weighted by Crippen LogP contribution is -2.41. The molecule has 0 unspecified atom stereocenters. The zero-order valence-corrected chi connectivity index (χ0v) is 14.3. The van der Waals surface area contributed by atoms with E-state index in [4.69, 9.17) is 0 Å². The fourth-order valence-corrected chi connectivity index (χ4v) is 3.23. The summed E-state index contributed by atoms with van der Waals surface area (Å²) in [4.78, 5) is 16.5. The van der Waals surface area contributed by atoms with Crippen molar-refractivity contribution >= 4 is 27.5 Å². The highest BCUT2D eigenvalue weighted by Crippen LogP contribution is 2.19. The Balaban J connectivity index is 1.56. The molecule has 0 bridgehead atoms. The van der Waals surface area contributed by atoms with Crippen LogP contribution in [-0.4, -0.2) is 28.1 Å². The molecule has 0 saturated carbocycles. The maximum absolute atomic E-state index is 12.3. The lowest BCUT2D eigenvalue weighted by atomic mass is 9.96. The first-order valence-corrected chi connectivity index (χ1v) is 8.79. The van der Waals surface area contributed by atoms with Crippen molar-refractivity contribution in [1.29, 1.82) is 0 Å². The largest absolute Gasteiger partial charge is 0.388 e. The highest BCUT2D eigenvalue weighted by Gasteiger charge is 2.21. The third-order valence-electron chi connectivity index (χ3n) is 4.02. The molecule has 4 nitrogen and oxygen atoms in total. The topological polar surface area (TPSA) is 62.2 Å². The van der Waals surface area contributed by atoms with Crippen LogP contribution in [0.15, 0.2) is 54.0 Å². The predicted molar refractivity (Wildman–Crippen MR) is 97.3 cm³/mol. The number of rotatable bonds is 6. The minimum absolute atomic E-state index is 0.176. The van der Waals surface area contributed by atoms with Crippen molar-refractivity contribution in [2.24, 2.45) is 0 Å². The Bertz CT molecular complexity index is 828. The summed E-state index contributed by atoms with van der Waals surface area (Å²) >= 11 is 1.51. The number of thiazole rings is 1. The molecule has 124 valence electrons. The monoisotopic (exact) mass is 340 g/mol. The average molecular weight is 340 g/mol. The van der Waals surface area contributed by atoms with Gasteiger partial charge in [-0.2, -0.15) is 0 Å². The average Bonchev–Trinajstić information content (AvgIpc) is 3.07. The number of fused-ring (bicyclic) bond motifs is 1. The minimum atomic E-state index is -0.944. The van der Waals surface area contributed by atoms with Crippen molar-refractivity contribution in [3.05, 3.63) is 65.2 Å². The van der Waals surface area contributed by atoms with Gasteiger partial charge in [0.15, 0.2) is 0 Å². The lowest BCUT2D eigenvalue weighted by molar-refractivity contribution is 0.0478. The molecule has 0 radical (unpaired) electrons. The summed E-state index contributed by atoms with van der Waals surface area (Å²) in [7, 11) is 0. The van der Waals surface area contributed by atoms with Crippen molar-refractivity contribution < 1.29 is 9.90 Å². The molecule has 1 heterocycles. The standard InChI is InChI=1S/C19H20N2O2S/c1-19(23,10-9-14-5-3-2-4-6-14)12-20-18(22)15-7-8-16-17(11-15)24-13-21-16/h2-8,11,13,23H,9-10,12H2,1H3,(H,20,22)/t19-/m0/s1. The summed E-state index contributed by atoms with van der Waals surface area (Å²) in [6.45, 7) is 1.97. The molecule has 24 heavy (non-hydrogen) atoms. The molecular formula is C19H20N2O2S. The Morgan fingerprint density at radius 2 is 2.04 bits per heavy atom. The van der Waals surface area contributed by atoms with Crippen LogP contribution in [0, 0.1) is 0 Å². The van der Waals surface area contributed by atoms with Gasteiger partial charge in [0.2, 0.25) is 0 Å². The fourth-order valence-electron chi connectivity index (χ4n) is 2.52. The summed E-state index contributed by atoms with van der Waals surface area (Å²) in [6.07, 6.45) is 1.36. The molecule has 0 aliphatic carbocycles. The molecule has 0 fully saturated rings. The van der Waals surface area contributed by atoms with Gasteiger partial charge < -0.3 is 10.4 Å². The van der Waals surface area contributed by atoms with Crippen LogP contribution < -0.4 is 5.32 Å². The Labute approximate surface area is 145 Å². The van der Waals surface area contributed by atoms with E-state index in [-0.39, 0.29) is 12.5 Å². The highest BCUT2D eigenvalue weighted by atomic mass is 32.1. The van der Waals surface area contributed by atoms with E-state index in [1.165, 1.54) is 16.9 Å². The van der Waals surface area contributed by atoms with Gasteiger partial charge in [0.05, 0.1) is 21.3 Å². The summed E-state index contributed by atoms with van der Waals surface area (Å²) in [6, 6.07) is 15.5. The molecule has 1 aromatic heterocycles. The number of aromatic nitrogens is 1. The number of benzene rings is 2. The van der Waals surface area contributed by atoms with Crippen LogP contribution in [0.3, 0.4) is 0 Å². The zero-order chi connectivity index (χ0) is 17.0. The Hall–Kier alpha value is -2.24. The highest BCUT2D eigenvalue weighted by molar-refractivity contribution is 7.16. The van der Waals surface area contributed by atoms with Gasteiger partial charge in [-0.15, -0.1) is 11.3 Å². The van der Waals surface area contributed by atoms with Crippen molar-refractivity contribution in [2.45, 2.75) is 25.4 Å². The number of nitrogens with zero attached hydrogens (tertiary/aromatic N) is 1. The van der Waals surface area contributed by atoms with E-state index in [2.05, 4.69) is 10.3 Å². The lowest BCUT2D eigenvalue weighted by Gasteiger charge is -2.23. The van der Waals surface area contributed by atoms with Gasteiger partial charge in [0.1, 0.15) is 0 Å². The first-order valence-electron chi connectivity index (χ1n) is 7.91. The maximum Gasteiger partial charge on any atom is 0.251 e. The summed E-state index contributed by atoms with van der Waals surface area (Å²) in [5.74, 6) is -0.176. The van der Waals surface area contributed by atoms with Crippen LogP contribution >= 0.6 is 11.3 Å². The molecule has 3 aromatic rings. The van der Waals surface area contributed by atoms with Crippen LogP contribution in [0.4, 0.5) is 0 Å². The van der Waals surface area contributed by atoms with E-state index >= 15 is 0 Å². The van der Waals surface area contributed by atoms with Gasteiger partial charge in [-0.25, -0.2) is 4.98 Å². The molecule has 0 aliphatic heterocycles. The first-order chi connectivity index (χ1) is 11.5. The van der Waals surface area contributed by atoms with Crippen LogP contribution in [0.5, 0.6) is 0 Å². The summed E-state index contributed by atoms with van der Waals surface area (Å²) in [5.41, 5.74) is 3.48. The SMILES string of the molecule is C[C@](O)(CCc1ccccc1)CNC(=O)c1ccc2ncsc2c1. The quantitative estimate of drug-likeness (QED) is 0.723. The number of aryl methyl sites for hydroxylation is 1. The molecular weight excluding hydrogens is 320 g/mol. The Morgan fingerprint density at radius 1 is 1.25 bits per heavy atom. The van der Waals surface area contributed by atoms with E-state index in [9.17, 15) is 9.90 Å². The number of hydrogen-bond acceptors (Lipinski definition) is 4. The maximum atomic E-state index is 12.3. The molecule has 1 atom stereocenters. The number of carbonyl (C=O) groups excluding carboxylic acids is 1. The van der Waals surface area contributed by atoms with E-state index in [0.29, 0.717) is 12.0 Å². The number of carbonyl (C=O) groups is 1. The molecule has 0 saturated heterocycles. The first kappa shape index (κ1) is 16.6.